The van der Waals surface area contributed by atoms with Crippen LogP contribution in [-0.2, 0) is 22.5 Å². The Morgan fingerprint density at radius 1 is 1.39 bits per heavy atom. The first-order valence-electron chi connectivity index (χ1n) is 8.34. The second kappa shape index (κ2) is 6.19. The van der Waals surface area contributed by atoms with Gasteiger partial charge in [0.1, 0.15) is 13.4 Å². The van der Waals surface area contributed by atoms with Crippen molar-refractivity contribution in [3.8, 4) is 0 Å². The number of benzene rings is 1. The van der Waals surface area contributed by atoms with Gasteiger partial charge in [-0.1, -0.05) is 17.6 Å². The number of rotatable bonds is 1. The molecule has 0 saturated carbocycles. The van der Waals surface area contributed by atoms with Crippen molar-refractivity contribution in [3.05, 3.63) is 28.8 Å². The zero-order chi connectivity index (χ0) is 16.6. The zero-order valence-corrected chi connectivity index (χ0v) is 14.2. The second-order valence-corrected chi connectivity index (χ2v) is 7.38. The lowest BCUT2D eigenvalue weighted by atomic mass is 9.84. The van der Waals surface area contributed by atoms with Crippen molar-refractivity contribution in [1.29, 1.82) is 0 Å². The van der Waals surface area contributed by atoms with E-state index in [9.17, 15) is 4.79 Å². The molecule has 2 aliphatic rings. The Morgan fingerprint density at radius 2 is 2.17 bits per heavy atom. The molecule has 0 bridgehead atoms. The van der Waals surface area contributed by atoms with Gasteiger partial charge in [-0.3, -0.25) is 0 Å². The van der Waals surface area contributed by atoms with Gasteiger partial charge in [0.2, 0.25) is 0 Å². The quantitative estimate of drug-likeness (QED) is 0.748. The SMILES string of the molecule is [B]c1cc2c(c([C@@H]3CCCN3C(=O)OC(C)(C)C)c1)COCC2. The molecule has 4 nitrogen and oxygen atoms in total. The minimum absolute atomic E-state index is 0.0313. The monoisotopic (exact) mass is 313 g/mol. The molecule has 23 heavy (non-hydrogen) atoms. The highest BCUT2D eigenvalue weighted by Crippen LogP contribution is 2.36. The van der Waals surface area contributed by atoms with Crippen LogP contribution in [0, 0.1) is 0 Å². The summed E-state index contributed by atoms with van der Waals surface area (Å²) in [6, 6.07) is 4.07. The largest absolute Gasteiger partial charge is 0.444 e. The number of likely N-dealkylation sites (tertiary alicyclic amines) is 1. The fourth-order valence-corrected chi connectivity index (χ4v) is 3.46. The molecule has 1 amide bonds. The third kappa shape index (κ3) is 3.55. The number of carbonyl (C=O) groups excluding carboxylic acids is 1. The minimum atomic E-state index is -0.484. The smallest absolute Gasteiger partial charge is 0.410 e. The van der Waals surface area contributed by atoms with Gasteiger partial charge in [0, 0.05) is 6.54 Å². The molecule has 1 aromatic carbocycles. The van der Waals surface area contributed by atoms with E-state index in [1.807, 2.05) is 37.8 Å². The fraction of sp³-hybridized carbons (Fsp3) is 0.611. The van der Waals surface area contributed by atoms with Crippen molar-refractivity contribution in [2.45, 2.75) is 58.3 Å². The number of hydrogen-bond acceptors (Lipinski definition) is 3. The van der Waals surface area contributed by atoms with Crippen molar-refractivity contribution < 1.29 is 14.3 Å². The van der Waals surface area contributed by atoms with Crippen molar-refractivity contribution in [2.24, 2.45) is 0 Å². The van der Waals surface area contributed by atoms with Crippen LogP contribution in [0.2, 0.25) is 0 Å². The highest BCUT2D eigenvalue weighted by molar-refractivity contribution is 6.32. The first-order valence-corrected chi connectivity index (χ1v) is 8.34. The van der Waals surface area contributed by atoms with Gasteiger partial charge >= 0.3 is 6.09 Å². The molecule has 0 spiro atoms. The van der Waals surface area contributed by atoms with Crippen LogP contribution in [-0.4, -0.2) is 37.6 Å². The second-order valence-electron chi connectivity index (χ2n) is 7.38. The third-order valence-electron chi connectivity index (χ3n) is 4.40. The summed E-state index contributed by atoms with van der Waals surface area (Å²) in [6.07, 6.45) is 2.56. The summed E-state index contributed by atoms with van der Waals surface area (Å²) in [5, 5.41) is 0. The number of amides is 1. The average Bonchev–Trinajstić information content (AvgIpc) is 2.93. The normalized spacial score (nSPS) is 21.2. The molecule has 1 fully saturated rings. The molecule has 1 aromatic rings. The number of carbonyl (C=O) groups is 1. The molecule has 1 saturated heterocycles. The molecule has 0 unspecified atom stereocenters. The Bertz CT molecular complexity index is 609. The van der Waals surface area contributed by atoms with E-state index in [0.29, 0.717) is 6.61 Å². The molecule has 122 valence electrons. The van der Waals surface area contributed by atoms with Crippen LogP contribution in [0.15, 0.2) is 12.1 Å². The molecule has 0 aliphatic carbocycles. The minimum Gasteiger partial charge on any atom is -0.444 e. The highest BCUT2D eigenvalue weighted by Gasteiger charge is 2.35. The maximum atomic E-state index is 12.5. The van der Waals surface area contributed by atoms with Gasteiger partial charge in [0.25, 0.3) is 0 Å². The Kier molecular flexibility index (Phi) is 4.41. The average molecular weight is 313 g/mol. The van der Waals surface area contributed by atoms with Crippen LogP contribution in [0.4, 0.5) is 4.79 Å². The summed E-state index contributed by atoms with van der Waals surface area (Å²) in [4.78, 5) is 14.4. The first-order chi connectivity index (χ1) is 10.8. The van der Waals surface area contributed by atoms with Gasteiger partial charge in [-0.05, 0) is 56.7 Å². The van der Waals surface area contributed by atoms with Crippen LogP contribution in [0.3, 0.4) is 0 Å². The summed E-state index contributed by atoms with van der Waals surface area (Å²) < 4.78 is 11.2. The zero-order valence-electron chi connectivity index (χ0n) is 14.2. The third-order valence-corrected chi connectivity index (χ3v) is 4.40. The van der Waals surface area contributed by atoms with Gasteiger partial charge in [0.05, 0.1) is 19.3 Å². The van der Waals surface area contributed by atoms with Crippen LogP contribution >= 0.6 is 0 Å². The van der Waals surface area contributed by atoms with Gasteiger partial charge in [-0.2, -0.15) is 0 Å². The standard InChI is InChI=1S/C18H24BNO3/c1-18(2,3)23-17(21)20-7-4-5-16(20)14-10-13(19)9-12-6-8-22-11-15(12)14/h9-10,16H,4-8,11H2,1-3H3/t16-/m0/s1. The summed E-state index contributed by atoms with van der Waals surface area (Å²) in [7, 11) is 6.10. The number of nitrogens with zero attached hydrogens (tertiary/aromatic N) is 1. The fourth-order valence-electron chi connectivity index (χ4n) is 3.46. The van der Waals surface area contributed by atoms with E-state index in [1.54, 1.807) is 0 Å². The summed E-state index contributed by atoms with van der Waals surface area (Å²) in [5.74, 6) is 0. The lowest BCUT2D eigenvalue weighted by molar-refractivity contribution is 0.0221. The van der Waals surface area contributed by atoms with E-state index in [0.717, 1.165) is 43.4 Å². The summed E-state index contributed by atoms with van der Waals surface area (Å²) in [5.41, 5.74) is 3.86. The van der Waals surface area contributed by atoms with Gasteiger partial charge in [0.15, 0.2) is 0 Å². The molecule has 0 N–H and O–H groups in total. The van der Waals surface area contributed by atoms with E-state index < -0.39 is 5.60 Å². The van der Waals surface area contributed by atoms with Gasteiger partial charge in [-0.25, -0.2) is 4.79 Å². The van der Waals surface area contributed by atoms with Crippen molar-refractivity contribution in [3.63, 3.8) is 0 Å². The Hall–Kier alpha value is -1.49. The number of fused-ring (bicyclic) bond motifs is 1. The van der Waals surface area contributed by atoms with Crippen molar-refractivity contribution in [2.75, 3.05) is 13.2 Å². The van der Waals surface area contributed by atoms with E-state index in [2.05, 4.69) is 0 Å². The van der Waals surface area contributed by atoms with E-state index in [1.165, 1.54) is 11.1 Å². The van der Waals surface area contributed by atoms with E-state index >= 15 is 0 Å². The topological polar surface area (TPSA) is 38.8 Å². The molecule has 2 radical (unpaired) electrons. The van der Waals surface area contributed by atoms with Crippen molar-refractivity contribution in [1.82, 2.24) is 4.90 Å². The molecule has 2 aliphatic heterocycles. The van der Waals surface area contributed by atoms with Gasteiger partial charge < -0.3 is 14.4 Å². The molecule has 2 heterocycles. The predicted octanol–water partition coefficient (Wildman–Crippen LogP) is 2.63. The molecule has 5 heteroatoms. The van der Waals surface area contributed by atoms with E-state index in [-0.39, 0.29) is 12.1 Å². The molecule has 1 atom stereocenters. The highest BCUT2D eigenvalue weighted by atomic mass is 16.6. The maximum absolute atomic E-state index is 12.5. The Morgan fingerprint density at radius 3 is 2.91 bits per heavy atom. The molecular weight excluding hydrogens is 289 g/mol. The van der Waals surface area contributed by atoms with E-state index in [4.69, 9.17) is 17.3 Å². The molecule has 3 rings (SSSR count). The Balaban J connectivity index is 1.91. The summed E-state index contributed by atoms with van der Waals surface area (Å²) in [6.45, 7) is 7.74. The predicted molar refractivity (Wildman–Crippen MR) is 90.1 cm³/mol. The molecular formula is C18H24BNO3. The first kappa shape index (κ1) is 16.4. The van der Waals surface area contributed by atoms with Crippen LogP contribution in [0.5, 0.6) is 0 Å². The number of ether oxygens (including phenoxy) is 2. The van der Waals surface area contributed by atoms with Crippen LogP contribution in [0.1, 0.15) is 56.3 Å². The summed E-state index contributed by atoms with van der Waals surface area (Å²) >= 11 is 0. The van der Waals surface area contributed by atoms with Crippen LogP contribution in [0.25, 0.3) is 0 Å². The Labute approximate surface area is 139 Å². The lowest BCUT2D eigenvalue weighted by Crippen LogP contribution is -2.37. The molecule has 0 aromatic heterocycles. The van der Waals surface area contributed by atoms with Crippen LogP contribution < -0.4 is 5.46 Å². The maximum Gasteiger partial charge on any atom is 0.410 e. The van der Waals surface area contributed by atoms with Gasteiger partial charge in [-0.15, -0.1) is 0 Å². The number of hydrogen-bond donors (Lipinski definition) is 0. The van der Waals surface area contributed by atoms with Crippen molar-refractivity contribution >= 4 is 19.4 Å². The lowest BCUT2D eigenvalue weighted by Gasteiger charge is -2.31.